The fraction of sp³-hybridized carbons (Fsp3) is 0.583. The maximum atomic E-state index is 6.10. The topological polar surface area (TPSA) is 43.8 Å². The van der Waals surface area contributed by atoms with E-state index in [2.05, 4.69) is 30.7 Å². The number of nitrogens with zero attached hydrogens (tertiary/aromatic N) is 2. The molecular weight excluding hydrogens is 186 g/mol. The number of hydrogen-bond acceptors (Lipinski definition) is 2. The van der Waals surface area contributed by atoms with E-state index >= 15 is 0 Å². The Balaban J connectivity index is 2.73. The average Bonchev–Trinajstić information content (AvgIpc) is 2.61. The molecule has 0 bridgehead atoms. The van der Waals surface area contributed by atoms with Crippen molar-refractivity contribution >= 4 is 0 Å². The van der Waals surface area contributed by atoms with Crippen LogP contribution in [0.4, 0.5) is 0 Å². The minimum absolute atomic E-state index is 0.0613. The molecule has 15 heavy (non-hydrogen) atoms. The van der Waals surface area contributed by atoms with Crippen LogP contribution in [-0.4, -0.2) is 9.55 Å². The molecular formula is C12H19N3. The molecule has 1 unspecified atom stereocenters. The molecule has 0 fully saturated rings. The largest absolute Gasteiger partial charge is 0.323 e. The van der Waals surface area contributed by atoms with Crippen molar-refractivity contribution in [3.63, 3.8) is 0 Å². The van der Waals surface area contributed by atoms with Gasteiger partial charge in [-0.25, -0.2) is 4.98 Å². The lowest BCUT2D eigenvalue weighted by atomic mass is 10.0. The van der Waals surface area contributed by atoms with Gasteiger partial charge in [0.1, 0.15) is 0 Å². The SMILES string of the molecule is CC#CCn1cncc1C(N)CC(C)C. The molecule has 0 spiro atoms. The van der Waals surface area contributed by atoms with Crippen LogP contribution < -0.4 is 5.73 Å². The summed E-state index contributed by atoms with van der Waals surface area (Å²) in [6.45, 7) is 6.86. The van der Waals surface area contributed by atoms with Crippen molar-refractivity contribution in [3.05, 3.63) is 18.2 Å². The van der Waals surface area contributed by atoms with E-state index in [0.717, 1.165) is 12.1 Å². The van der Waals surface area contributed by atoms with Crippen LogP contribution in [-0.2, 0) is 6.54 Å². The lowest BCUT2D eigenvalue weighted by Crippen LogP contribution is -2.17. The Hall–Kier alpha value is -1.27. The van der Waals surface area contributed by atoms with Crippen molar-refractivity contribution in [3.8, 4) is 11.8 Å². The summed E-state index contributed by atoms with van der Waals surface area (Å²) in [6, 6.07) is 0.0613. The molecule has 0 saturated carbocycles. The molecule has 1 rings (SSSR count). The van der Waals surface area contributed by atoms with Crippen LogP contribution in [0.5, 0.6) is 0 Å². The van der Waals surface area contributed by atoms with Crippen LogP contribution in [0.2, 0.25) is 0 Å². The predicted octanol–water partition coefficient (Wildman–Crippen LogP) is 1.95. The molecule has 1 heterocycles. The first-order chi connectivity index (χ1) is 7.15. The van der Waals surface area contributed by atoms with Crippen molar-refractivity contribution < 1.29 is 0 Å². The van der Waals surface area contributed by atoms with E-state index in [9.17, 15) is 0 Å². The van der Waals surface area contributed by atoms with Crippen LogP contribution in [0, 0.1) is 17.8 Å². The number of aromatic nitrogens is 2. The summed E-state index contributed by atoms with van der Waals surface area (Å²) < 4.78 is 2.02. The highest BCUT2D eigenvalue weighted by molar-refractivity contribution is 5.08. The van der Waals surface area contributed by atoms with Gasteiger partial charge in [0, 0.05) is 12.2 Å². The summed E-state index contributed by atoms with van der Waals surface area (Å²) in [6.07, 6.45) is 4.61. The maximum Gasteiger partial charge on any atom is 0.0957 e. The molecule has 0 aliphatic heterocycles. The van der Waals surface area contributed by atoms with Crippen LogP contribution >= 0.6 is 0 Å². The second-order valence-electron chi connectivity index (χ2n) is 4.11. The van der Waals surface area contributed by atoms with Crippen LogP contribution in [0.25, 0.3) is 0 Å². The molecule has 2 N–H and O–H groups in total. The van der Waals surface area contributed by atoms with E-state index in [-0.39, 0.29) is 6.04 Å². The van der Waals surface area contributed by atoms with Gasteiger partial charge in [-0.2, -0.15) is 0 Å². The van der Waals surface area contributed by atoms with Gasteiger partial charge in [0.15, 0.2) is 0 Å². The third-order valence-electron chi connectivity index (χ3n) is 2.28. The van der Waals surface area contributed by atoms with Gasteiger partial charge in [-0.05, 0) is 19.3 Å². The van der Waals surface area contributed by atoms with E-state index in [0.29, 0.717) is 12.5 Å². The number of hydrogen-bond donors (Lipinski definition) is 1. The molecule has 0 amide bonds. The lowest BCUT2D eigenvalue weighted by Gasteiger charge is -2.15. The fourth-order valence-electron chi connectivity index (χ4n) is 1.56. The first-order valence-electron chi connectivity index (χ1n) is 5.30. The standard InChI is InChI=1S/C12H19N3/c1-4-5-6-15-9-14-8-12(15)11(13)7-10(2)3/h8-11H,6-7,13H2,1-3H3. The molecule has 0 radical (unpaired) electrons. The molecule has 0 aromatic carbocycles. The minimum atomic E-state index is 0.0613. The second-order valence-corrected chi connectivity index (χ2v) is 4.11. The zero-order valence-corrected chi connectivity index (χ0v) is 9.70. The van der Waals surface area contributed by atoms with Crippen molar-refractivity contribution in [1.82, 2.24) is 9.55 Å². The Bertz CT molecular complexity index is 354. The molecule has 1 aromatic rings. The van der Waals surface area contributed by atoms with Gasteiger partial charge in [0.25, 0.3) is 0 Å². The first-order valence-corrected chi connectivity index (χ1v) is 5.30. The highest BCUT2D eigenvalue weighted by atomic mass is 15.1. The molecule has 0 saturated heterocycles. The van der Waals surface area contributed by atoms with E-state index in [4.69, 9.17) is 5.73 Å². The molecule has 0 aliphatic rings. The van der Waals surface area contributed by atoms with Gasteiger partial charge in [0.05, 0.1) is 18.6 Å². The van der Waals surface area contributed by atoms with Crippen molar-refractivity contribution in [2.24, 2.45) is 11.7 Å². The van der Waals surface area contributed by atoms with Crippen molar-refractivity contribution in [2.45, 2.75) is 39.8 Å². The smallest absolute Gasteiger partial charge is 0.0957 e. The fourth-order valence-corrected chi connectivity index (χ4v) is 1.56. The van der Waals surface area contributed by atoms with E-state index < -0.39 is 0 Å². The minimum Gasteiger partial charge on any atom is -0.323 e. The van der Waals surface area contributed by atoms with Gasteiger partial charge in [0.2, 0.25) is 0 Å². The normalized spacial score (nSPS) is 12.3. The molecule has 0 aliphatic carbocycles. The molecule has 3 heteroatoms. The van der Waals surface area contributed by atoms with Crippen molar-refractivity contribution in [1.29, 1.82) is 0 Å². The Labute approximate surface area is 91.7 Å². The predicted molar refractivity (Wildman–Crippen MR) is 62.1 cm³/mol. The van der Waals surface area contributed by atoms with Crippen molar-refractivity contribution in [2.75, 3.05) is 0 Å². The average molecular weight is 205 g/mol. The maximum absolute atomic E-state index is 6.10. The molecule has 3 nitrogen and oxygen atoms in total. The number of imidazole rings is 1. The van der Waals surface area contributed by atoms with Gasteiger partial charge in [-0.3, -0.25) is 0 Å². The van der Waals surface area contributed by atoms with Gasteiger partial charge >= 0.3 is 0 Å². The van der Waals surface area contributed by atoms with Gasteiger partial charge in [-0.1, -0.05) is 19.8 Å². The molecule has 1 atom stereocenters. The molecule has 82 valence electrons. The Morgan fingerprint density at radius 3 is 2.87 bits per heavy atom. The summed E-state index contributed by atoms with van der Waals surface area (Å²) in [4.78, 5) is 4.12. The quantitative estimate of drug-likeness (QED) is 0.763. The zero-order valence-electron chi connectivity index (χ0n) is 9.70. The summed E-state index contributed by atoms with van der Waals surface area (Å²) in [5, 5.41) is 0. The summed E-state index contributed by atoms with van der Waals surface area (Å²) in [5.74, 6) is 6.49. The molecule has 1 aromatic heterocycles. The third-order valence-corrected chi connectivity index (χ3v) is 2.28. The first kappa shape index (κ1) is 11.8. The van der Waals surface area contributed by atoms with E-state index in [1.165, 1.54) is 0 Å². The Kier molecular flexibility index (Phi) is 4.38. The van der Waals surface area contributed by atoms with E-state index in [1.54, 1.807) is 6.33 Å². The highest BCUT2D eigenvalue weighted by Crippen LogP contribution is 2.17. The number of rotatable bonds is 4. The van der Waals surface area contributed by atoms with Crippen LogP contribution in [0.3, 0.4) is 0 Å². The number of nitrogens with two attached hydrogens (primary N) is 1. The van der Waals surface area contributed by atoms with Gasteiger partial charge < -0.3 is 10.3 Å². The highest BCUT2D eigenvalue weighted by Gasteiger charge is 2.12. The monoisotopic (exact) mass is 205 g/mol. The second kappa shape index (κ2) is 5.57. The van der Waals surface area contributed by atoms with Gasteiger partial charge in [-0.15, -0.1) is 5.92 Å². The summed E-state index contributed by atoms with van der Waals surface area (Å²) >= 11 is 0. The zero-order chi connectivity index (χ0) is 11.3. The third kappa shape index (κ3) is 3.41. The Morgan fingerprint density at radius 1 is 1.53 bits per heavy atom. The van der Waals surface area contributed by atoms with Crippen LogP contribution in [0.15, 0.2) is 12.5 Å². The van der Waals surface area contributed by atoms with Crippen LogP contribution in [0.1, 0.15) is 38.9 Å². The summed E-state index contributed by atoms with van der Waals surface area (Å²) in [5.41, 5.74) is 7.18. The lowest BCUT2D eigenvalue weighted by molar-refractivity contribution is 0.490. The van der Waals surface area contributed by atoms with E-state index in [1.807, 2.05) is 17.7 Å². The Morgan fingerprint density at radius 2 is 2.27 bits per heavy atom. The summed E-state index contributed by atoms with van der Waals surface area (Å²) in [7, 11) is 0.